The van der Waals surface area contributed by atoms with Gasteiger partial charge in [-0.15, -0.1) is 0 Å². The maximum atomic E-state index is 12.9. The van der Waals surface area contributed by atoms with Crippen molar-refractivity contribution in [1.29, 1.82) is 0 Å². The summed E-state index contributed by atoms with van der Waals surface area (Å²) in [6.07, 6.45) is 72.7. The number of unbranched alkanes of at least 4 members (excludes halogenated alkanes) is 52. The Morgan fingerprint density at radius 2 is 0.370 bits per heavy atom. The van der Waals surface area contributed by atoms with Crippen LogP contribution in [0.1, 0.15) is 393 Å². The van der Waals surface area contributed by atoms with Gasteiger partial charge in [0.05, 0.1) is 0 Å². The third-order valence-corrected chi connectivity index (χ3v) is 15.6. The van der Waals surface area contributed by atoms with Gasteiger partial charge in [0.1, 0.15) is 13.2 Å². The van der Waals surface area contributed by atoms with Gasteiger partial charge in [-0.05, 0) is 19.3 Å². The second-order valence-electron chi connectivity index (χ2n) is 23.1. The first-order valence-corrected chi connectivity index (χ1v) is 33.5. The molecule has 0 saturated carbocycles. The molecule has 0 aromatic carbocycles. The van der Waals surface area contributed by atoms with Crippen molar-refractivity contribution in [3.63, 3.8) is 0 Å². The van der Waals surface area contributed by atoms with E-state index in [1.54, 1.807) is 0 Å². The van der Waals surface area contributed by atoms with Gasteiger partial charge in [-0.1, -0.05) is 355 Å². The summed E-state index contributed by atoms with van der Waals surface area (Å²) in [4.78, 5) is 38.3. The van der Waals surface area contributed by atoms with Crippen molar-refractivity contribution in [2.45, 2.75) is 399 Å². The van der Waals surface area contributed by atoms with E-state index < -0.39 is 6.10 Å². The predicted octanol–water partition coefficient (Wildman–Crippen LogP) is 22.7. The van der Waals surface area contributed by atoms with E-state index >= 15 is 0 Å². The molecular formula is C67H130O6. The number of carbonyl (C=O) groups is 3. The molecule has 6 nitrogen and oxygen atoms in total. The number of hydrogen-bond donors (Lipinski definition) is 0. The zero-order chi connectivity index (χ0) is 52.9. The Kier molecular flexibility index (Phi) is 61.6. The maximum Gasteiger partial charge on any atom is 0.306 e. The van der Waals surface area contributed by atoms with Crippen molar-refractivity contribution in [3.8, 4) is 0 Å². The van der Waals surface area contributed by atoms with E-state index in [2.05, 4.69) is 20.8 Å². The smallest absolute Gasteiger partial charge is 0.306 e. The molecule has 0 amide bonds. The van der Waals surface area contributed by atoms with Crippen molar-refractivity contribution in [1.82, 2.24) is 0 Å². The van der Waals surface area contributed by atoms with Gasteiger partial charge in [-0.3, -0.25) is 14.4 Å². The second kappa shape index (κ2) is 62.9. The molecule has 0 N–H and O–H groups in total. The van der Waals surface area contributed by atoms with Gasteiger partial charge in [-0.25, -0.2) is 0 Å². The first-order valence-electron chi connectivity index (χ1n) is 33.5. The average molecular weight is 1030 g/mol. The summed E-state index contributed by atoms with van der Waals surface area (Å²) in [6, 6.07) is 0. The summed E-state index contributed by atoms with van der Waals surface area (Å²) in [5.41, 5.74) is 0. The van der Waals surface area contributed by atoms with Gasteiger partial charge < -0.3 is 14.2 Å². The molecule has 0 radical (unpaired) electrons. The molecule has 0 aliphatic rings. The molecule has 0 aliphatic carbocycles. The van der Waals surface area contributed by atoms with Crippen LogP contribution in [0.4, 0.5) is 0 Å². The first kappa shape index (κ1) is 71.4. The molecule has 434 valence electrons. The molecule has 73 heavy (non-hydrogen) atoms. The lowest BCUT2D eigenvalue weighted by Crippen LogP contribution is -2.30. The van der Waals surface area contributed by atoms with Gasteiger partial charge in [0.15, 0.2) is 6.10 Å². The van der Waals surface area contributed by atoms with Crippen LogP contribution < -0.4 is 0 Å². The molecule has 1 unspecified atom stereocenters. The van der Waals surface area contributed by atoms with Crippen LogP contribution in [-0.4, -0.2) is 37.2 Å². The molecule has 0 aromatic heterocycles. The summed E-state index contributed by atoms with van der Waals surface area (Å²) in [6.45, 7) is 6.73. The Bertz CT molecular complexity index is 1090. The average Bonchev–Trinajstić information content (AvgIpc) is 3.39. The summed E-state index contributed by atoms with van der Waals surface area (Å²) in [5.74, 6) is -0.824. The van der Waals surface area contributed by atoms with Crippen LogP contribution in [0.2, 0.25) is 0 Å². The molecule has 6 heteroatoms. The molecule has 1 atom stereocenters. The third kappa shape index (κ3) is 61.1. The van der Waals surface area contributed by atoms with Crippen molar-refractivity contribution in [2.75, 3.05) is 13.2 Å². The summed E-state index contributed by atoms with van der Waals surface area (Å²) in [5, 5.41) is 0. The zero-order valence-electron chi connectivity index (χ0n) is 50.0. The summed E-state index contributed by atoms with van der Waals surface area (Å²) in [7, 11) is 0. The Hall–Kier alpha value is -1.59. The minimum Gasteiger partial charge on any atom is -0.462 e. The van der Waals surface area contributed by atoms with Crippen LogP contribution in [0, 0.1) is 0 Å². The van der Waals surface area contributed by atoms with Crippen molar-refractivity contribution >= 4 is 17.9 Å². The molecule has 0 rings (SSSR count). The second-order valence-corrected chi connectivity index (χ2v) is 23.1. The molecule has 0 spiro atoms. The number of carbonyl (C=O) groups excluding carboxylic acids is 3. The van der Waals surface area contributed by atoms with Crippen LogP contribution in [0.5, 0.6) is 0 Å². The Morgan fingerprint density at radius 3 is 0.548 bits per heavy atom. The fraction of sp³-hybridized carbons (Fsp3) is 0.955. The lowest BCUT2D eigenvalue weighted by atomic mass is 10.0. The number of hydrogen-bond acceptors (Lipinski definition) is 6. The number of esters is 3. The number of rotatable bonds is 63. The van der Waals surface area contributed by atoms with Crippen LogP contribution >= 0.6 is 0 Å². The molecule has 0 aliphatic heterocycles. The molecular weight excluding hydrogens is 901 g/mol. The maximum absolute atomic E-state index is 12.9. The minimum atomic E-state index is -0.762. The Labute approximate surface area is 457 Å². The highest BCUT2D eigenvalue weighted by molar-refractivity contribution is 5.71. The van der Waals surface area contributed by atoms with Crippen molar-refractivity contribution in [3.05, 3.63) is 0 Å². The fourth-order valence-corrected chi connectivity index (χ4v) is 10.6. The van der Waals surface area contributed by atoms with Crippen molar-refractivity contribution in [2.24, 2.45) is 0 Å². The van der Waals surface area contributed by atoms with E-state index in [9.17, 15) is 14.4 Å². The van der Waals surface area contributed by atoms with Gasteiger partial charge in [0.2, 0.25) is 0 Å². The summed E-state index contributed by atoms with van der Waals surface area (Å²) < 4.78 is 17.0. The molecule has 0 fully saturated rings. The third-order valence-electron chi connectivity index (χ3n) is 15.6. The predicted molar refractivity (Wildman–Crippen MR) is 317 cm³/mol. The topological polar surface area (TPSA) is 78.9 Å². The first-order chi connectivity index (χ1) is 36.0. The van der Waals surface area contributed by atoms with E-state index in [1.165, 1.54) is 295 Å². The standard InChI is InChI=1S/C67H130O6/c1-4-7-10-13-16-19-22-25-27-29-30-31-32-33-34-35-36-38-39-42-45-48-51-54-57-60-66(69)72-63-64(62-71-65(68)59-56-53-50-47-44-41-24-21-18-15-12-9-6-3)73-67(70)61-58-55-52-49-46-43-40-37-28-26-23-20-17-14-11-8-5-2/h64H,4-63H2,1-3H3. The molecule has 0 saturated heterocycles. The quantitative estimate of drug-likeness (QED) is 0.0343. The molecule has 0 heterocycles. The van der Waals surface area contributed by atoms with E-state index in [0.29, 0.717) is 19.3 Å². The van der Waals surface area contributed by atoms with E-state index in [1.807, 2.05) is 0 Å². The zero-order valence-corrected chi connectivity index (χ0v) is 50.0. The van der Waals surface area contributed by atoms with Gasteiger partial charge in [0, 0.05) is 19.3 Å². The highest BCUT2D eigenvalue weighted by Crippen LogP contribution is 2.19. The lowest BCUT2D eigenvalue weighted by Gasteiger charge is -2.18. The van der Waals surface area contributed by atoms with Crippen LogP contribution in [-0.2, 0) is 28.6 Å². The monoisotopic (exact) mass is 1030 g/mol. The molecule has 0 bridgehead atoms. The minimum absolute atomic E-state index is 0.0604. The van der Waals surface area contributed by atoms with Crippen molar-refractivity contribution < 1.29 is 28.6 Å². The van der Waals surface area contributed by atoms with Crippen LogP contribution in [0.15, 0.2) is 0 Å². The van der Waals surface area contributed by atoms with E-state index in [0.717, 1.165) is 57.8 Å². The Morgan fingerprint density at radius 1 is 0.219 bits per heavy atom. The SMILES string of the molecule is CCCCCCCCCCCCCCCCCCCCCCCCCCCC(=O)OCC(COC(=O)CCCCCCCCCCCCCCC)OC(=O)CCCCCCCCCCCCCCCCCCC. The van der Waals surface area contributed by atoms with E-state index in [-0.39, 0.29) is 31.1 Å². The summed E-state index contributed by atoms with van der Waals surface area (Å²) >= 11 is 0. The van der Waals surface area contributed by atoms with E-state index in [4.69, 9.17) is 14.2 Å². The van der Waals surface area contributed by atoms with Crippen LogP contribution in [0.25, 0.3) is 0 Å². The largest absolute Gasteiger partial charge is 0.462 e. The van der Waals surface area contributed by atoms with Gasteiger partial charge in [-0.2, -0.15) is 0 Å². The van der Waals surface area contributed by atoms with Gasteiger partial charge in [0.25, 0.3) is 0 Å². The highest BCUT2D eigenvalue weighted by atomic mass is 16.6. The number of ether oxygens (including phenoxy) is 3. The normalized spacial score (nSPS) is 11.9. The van der Waals surface area contributed by atoms with Gasteiger partial charge >= 0.3 is 17.9 Å². The van der Waals surface area contributed by atoms with Crippen LogP contribution in [0.3, 0.4) is 0 Å². The Balaban J connectivity index is 4.18. The highest BCUT2D eigenvalue weighted by Gasteiger charge is 2.19. The fourth-order valence-electron chi connectivity index (χ4n) is 10.6. The molecule has 0 aromatic rings. The lowest BCUT2D eigenvalue weighted by molar-refractivity contribution is -0.167.